The van der Waals surface area contributed by atoms with Gasteiger partial charge in [0.2, 0.25) is 0 Å². The Hall–Kier alpha value is 0.200. The predicted molar refractivity (Wildman–Crippen MR) is 91.1 cm³/mol. The van der Waals surface area contributed by atoms with Gasteiger partial charge in [-0.05, 0) is 32.5 Å². The molecule has 108 valence electrons. The van der Waals surface area contributed by atoms with Crippen molar-refractivity contribution in [3.63, 3.8) is 0 Å². The van der Waals surface area contributed by atoms with Gasteiger partial charge < -0.3 is 0 Å². The van der Waals surface area contributed by atoms with E-state index in [4.69, 9.17) is 9.26 Å². The van der Waals surface area contributed by atoms with E-state index in [0.29, 0.717) is 0 Å². The number of rotatable bonds is 9. The van der Waals surface area contributed by atoms with E-state index in [9.17, 15) is 0 Å². The number of hydrogen-bond donors (Lipinski definition) is 0. The van der Waals surface area contributed by atoms with Crippen molar-refractivity contribution in [2.24, 2.45) is 9.26 Å². The minimum Gasteiger partial charge on any atom is -0.284 e. The van der Waals surface area contributed by atoms with Gasteiger partial charge in [-0.2, -0.15) is 0 Å². The highest BCUT2D eigenvalue weighted by atomic mass is 31.2. The third-order valence-corrected chi connectivity index (χ3v) is 11.8. The SMILES string of the molecule is C=CCP(CCC)(N=P(C)(CCC)CCC)=NC. The molecule has 0 aromatic carbocycles. The highest BCUT2D eigenvalue weighted by Gasteiger charge is 2.20. The van der Waals surface area contributed by atoms with Gasteiger partial charge in [-0.15, -0.1) is 6.58 Å². The zero-order chi connectivity index (χ0) is 14.1. The van der Waals surface area contributed by atoms with Crippen LogP contribution in [0.15, 0.2) is 21.9 Å². The van der Waals surface area contributed by atoms with E-state index in [1.165, 1.54) is 37.7 Å². The van der Waals surface area contributed by atoms with Crippen LogP contribution in [-0.2, 0) is 0 Å². The molecule has 1 atom stereocenters. The van der Waals surface area contributed by atoms with Crippen molar-refractivity contribution in [2.75, 3.05) is 38.4 Å². The summed E-state index contributed by atoms with van der Waals surface area (Å²) < 4.78 is 10.2. The smallest absolute Gasteiger partial charge is 0.0755 e. The van der Waals surface area contributed by atoms with Crippen LogP contribution in [0.2, 0.25) is 0 Å². The van der Waals surface area contributed by atoms with Gasteiger partial charge in [0, 0.05) is 19.4 Å². The van der Waals surface area contributed by atoms with Crippen molar-refractivity contribution in [3.05, 3.63) is 12.7 Å². The molecule has 0 amide bonds. The first-order chi connectivity index (χ1) is 8.51. The Morgan fingerprint density at radius 1 is 1.00 bits per heavy atom. The Labute approximate surface area is 115 Å². The standard InChI is InChI=1S/C14H32N2P2/c1-7-11-17(6,12-8-2)16-18(15-5,13-9-3)14-10-4/h9H,3,7-8,10-14H2,1-2,4-6H3. The van der Waals surface area contributed by atoms with E-state index in [1.54, 1.807) is 0 Å². The molecule has 18 heavy (non-hydrogen) atoms. The normalized spacial score (nSPS) is 14.9. The van der Waals surface area contributed by atoms with Gasteiger partial charge in [-0.1, -0.05) is 39.7 Å². The molecule has 4 heteroatoms. The van der Waals surface area contributed by atoms with Crippen molar-refractivity contribution in [1.82, 2.24) is 0 Å². The van der Waals surface area contributed by atoms with Gasteiger partial charge in [0.1, 0.15) is 0 Å². The molecule has 0 rings (SSSR count). The maximum atomic E-state index is 5.40. The molecule has 0 spiro atoms. The van der Waals surface area contributed by atoms with Crippen molar-refractivity contribution in [3.8, 4) is 0 Å². The molecule has 0 saturated carbocycles. The summed E-state index contributed by atoms with van der Waals surface area (Å²) in [6.07, 6.45) is 10.5. The summed E-state index contributed by atoms with van der Waals surface area (Å²) >= 11 is 0. The van der Waals surface area contributed by atoms with E-state index < -0.39 is 14.3 Å². The zero-order valence-electron chi connectivity index (χ0n) is 13.0. The van der Waals surface area contributed by atoms with Crippen LogP contribution in [-0.4, -0.2) is 38.4 Å². The van der Waals surface area contributed by atoms with Crippen LogP contribution in [0, 0.1) is 0 Å². The average Bonchev–Trinajstić information content (AvgIpc) is 2.30. The lowest BCUT2D eigenvalue weighted by atomic mass is 10.6. The second-order valence-corrected chi connectivity index (χ2v) is 12.4. The van der Waals surface area contributed by atoms with Crippen LogP contribution < -0.4 is 0 Å². The van der Waals surface area contributed by atoms with Gasteiger partial charge in [0.05, 0.1) is 7.21 Å². The Morgan fingerprint density at radius 3 is 1.83 bits per heavy atom. The fraction of sp³-hybridized carbons (Fsp3) is 0.857. The van der Waals surface area contributed by atoms with E-state index in [-0.39, 0.29) is 0 Å². The maximum Gasteiger partial charge on any atom is 0.0755 e. The minimum absolute atomic E-state index is 1.00. The lowest BCUT2D eigenvalue weighted by Gasteiger charge is -2.26. The summed E-state index contributed by atoms with van der Waals surface area (Å²) in [5.74, 6) is 0. The molecule has 0 aliphatic rings. The van der Waals surface area contributed by atoms with Crippen molar-refractivity contribution in [2.45, 2.75) is 40.0 Å². The lowest BCUT2D eigenvalue weighted by molar-refractivity contribution is 1.04. The molecule has 0 saturated heterocycles. The highest BCUT2D eigenvalue weighted by molar-refractivity contribution is 7.76. The fourth-order valence-corrected chi connectivity index (χ4v) is 11.3. The molecule has 0 aliphatic carbocycles. The van der Waals surface area contributed by atoms with Crippen LogP contribution in [0.1, 0.15) is 40.0 Å². The summed E-state index contributed by atoms with van der Waals surface area (Å²) in [5.41, 5.74) is 0. The van der Waals surface area contributed by atoms with Crippen LogP contribution in [0.3, 0.4) is 0 Å². The third-order valence-electron chi connectivity index (χ3n) is 3.17. The molecule has 0 bridgehead atoms. The largest absolute Gasteiger partial charge is 0.284 e. The first kappa shape index (κ1) is 18.2. The molecule has 0 aromatic heterocycles. The molecule has 0 N–H and O–H groups in total. The summed E-state index contributed by atoms with van der Waals surface area (Å²) in [6.45, 7) is 13.1. The molecule has 0 aliphatic heterocycles. The first-order valence-corrected chi connectivity index (χ1v) is 11.8. The summed E-state index contributed by atoms with van der Waals surface area (Å²) in [5, 5.41) is 0. The van der Waals surface area contributed by atoms with Crippen LogP contribution in [0.5, 0.6) is 0 Å². The van der Waals surface area contributed by atoms with E-state index in [1.807, 2.05) is 13.1 Å². The van der Waals surface area contributed by atoms with Gasteiger partial charge in [-0.25, -0.2) is 0 Å². The number of allylic oxidation sites excluding steroid dienone is 1. The molecule has 1 unspecified atom stereocenters. The first-order valence-electron chi connectivity index (χ1n) is 7.20. The lowest BCUT2D eigenvalue weighted by Crippen LogP contribution is -1.97. The molecule has 0 aromatic rings. The molecular formula is C14H32N2P2. The number of hydrogen-bond acceptors (Lipinski definition) is 1. The Kier molecular flexibility index (Phi) is 9.26. The minimum atomic E-state index is -1.48. The van der Waals surface area contributed by atoms with Crippen molar-refractivity contribution < 1.29 is 0 Å². The van der Waals surface area contributed by atoms with Crippen LogP contribution >= 0.6 is 14.3 Å². The van der Waals surface area contributed by atoms with Gasteiger partial charge >= 0.3 is 0 Å². The van der Waals surface area contributed by atoms with E-state index >= 15 is 0 Å². The van der Waals surface area contributed by atoms with Gasteiger partial charge in [0.15, 0.2) is 0 Å². The third kappa shape index (κ3) is 5.89. The Morgan fingerprint density at radius 2 is 1.50 bits per heavy atom. The summed E-state index contributed by atoms with van der Waals surface area (Å²) in [6, 6.07) is 0. The molecule has 0 radical (unpaired) electrons. The van der Waals surface area contributed by atoms with E-state index in [0.717, 1.165) is 6.16 Å². The van der Waals surface area contributed by atoms with Gasteiger partial charge in [0.25, 0.3) is 0 Å². The summed E-state index contributed by atoms with van der Waals surface area (Å²) in [7, 11) is -0.640. The quantitative estimate of drug-likeness (QED) is 0.368. The highest BCUT2D eigenvalue weighted by Crippen LogP contribution is 2.62. The van der Waals surface area contributed by atoms with E-state index in [2.05, 4.69) is 34.0 Å². The predicted octanol–water partition coefficient (Wildman–Crippen LogP) is 5.98. The molecule has 2 nitrogen and oxygen atoms in total. The van der Waals surface area contributed by atoms with Crippen molar-refractivity contribution >= 4 is 14.3 Å². The van der Waals surface area contributed by atoms with Crippen molar-refractivity contribution in [1.29, 1.82) is 0 Å². The second kappa shape index (κ2) is 9.16. The molecule has 0 fully saturated rings. The van der Waals surface area contributed by atoms with Crippen LogP contribution in [0.4, 0.5) is 0 Å². The molecular weight excluding hydrogens is 258 g/mol. The maximum absolute atomic E-state index is 5.40. The van der Waals surface area contributed by atoms with Gasteiger partial charge in [-0.3, -0.25) is 9.26 Å². The monoisotopic (exact) mass is 290 g/mol. The molecule has 0 heterocycles. The Balaban J connectivity index is 5.51. The number of nitrogens with zero attached hydrogens (tertiary/aromatic N) is 2. The fourth-order valence-electron chi connectivity index (χ4n) is 2.53. The second-order valence-electron chi connectivity index (χ2n) is 5.15. The van der Waals surface area contributed by atoms with Crippen LogP contribution in [0.25, 0.3) is 0 Å². The Bertz CT molecular complexity index is 336. The summed E-state index contributed by atoms with van der Waals surface area (Å²) in [4.78, 5) is 0. The zero-order valence-corrected chi connectivity index (χ0v) is 14.8. The topological polar surface area (TPSA) is 24.7 Å². The average molecular weight is 290 g/mol.